The van der Waals surface area contributed by atoms with Crippen LogP contribution >= 0.6 is 0 Å². The van der Waals surface area contributed by atoms with E-state index in [4.69, 9.17) is 0 Å². The van der Waals surface area contributed by atoms with E-state index in [0.717, 1.165) is 11.1 Å². The van der Waals surface area contributed by atoms with E-state index >= 15 is 0 Å². The molecule has 2 aliphatic rings. The Hall–Kier alpha value is -4.10. The summed E-state index contributed by atoms with van der Waals surface area (Å²) in [6.07, 6.45) is 14.7. The first kappa shape index (κ1) is 21.7. The molecule has 1 aliphatic carbocycles. The molecule has 1 heteroatoms. The number of para-hydroxylation sites is 2. The van der Waals surface area contributed by atoms with E-state index in [9.17, 15) is 0 Å². The van der Waals surface area contributed by atoms with Crippen LogP contribution in [0.25, 0.3) is 6.08 Å². The van der Waals surface area contributed by atoms with Crippen molar-refractivity contribution in [3.05, 3.63) is 162 Å². The van der Waals surface area contributed by atoms with E-state index in [1.165, 1.54) is 39.3 Å². The average Bonchev–Trinajstić information content (AvgIpc) is 3.02. The van der Waals surface area contributed by atoms with Gasteiger partial charge in [-0.05, 0) is 65.5 Å². The first-order chi connectivity index (χ1) is 16.7. The molecule has 5 rings (SSSR count). The summed E-state index contributed by atoms with van der Waals surface area (Å²) in [5.74, 6) is 0. The third kappa shape index (κ3) is 3.01. The van der Waals surface area contributed by atoms with Gasteiger partial charge in [0, 0.05) is 5.70 Å². The molecule has 1 spiro atoms. The van der Waals surface area contributed by atoms with E-state index in [1.807, 2.05) is 19.1 Å². The van der Waals surface area contributed by atoms with Crippen LogP contribution in [0.5, 0.6) is 0 Å². The highest BCUT2D eigenvalue weighted by molar-refractivity contribution is 5.88. The maximum absolute atomic E-state index is 4.31. The van der Waals surface area contributed by atoms with Crippen molar-refractivity contribution in [3.8, 4) is 0 Å². The molecule has 0 saturated heterocycles. The van der Waals surface area contributed by atoms with Crippen LogP contribution in [0.1, 0.15) is 36.1 Å². The molecule has 1 nitrogen and oxygen atoms in total. The molecular weight excluding hydrogens is 410 g/mol. The van der Waals surface area contributed by atoms with E-state index in [-0.39, 0.29) is 0 Å². The highest BCUT2D eigenvalue weighted by Gasteiger charge is 2.48. The number of hydrogen-bond donors (Lipinski definition) is 0. The van der Waals surface area contributed by atoms with Gasteiger partial charge in [-0.15, -0.1) is 0 Å². The summed E-state index contributed by atoms with van der Waals surface area (Å²) < 4.78 is 0. The summed E-state index contributed by atoms with van der Waals surface area (Å²) in [4.78, 5) is 2.38. The summed E-state index contributed by atoms with van der Waals surface area (Å²) in [6.45, 7) is 12.7. The maximum Gasteiger partial charge on any atom is 0.0753 e. The third-order valence-electron chi connectivity index (χ3n) is 6.93. The number of allylic oxidation sites excluding steroid dienone is 9. The molecule has 0 radical (unpaired) electrons. The van der Waals surface area contributed by atoms with Gasteiger partial charge < -0.3 is 4.90 Å². The predicted octanol–water partition coefficient (Wildman–Crippen LogP) is 8.65. The molecular formula is C33H29N. The predicted molar refractivity (Wildman–Crippen MR) is 146 cm³/mol. The lowest BCUT2D eigenvalue weighted by atomic mass is 9.60. The lowest BCUT2D eigenvalue weighted by Crippen LogP contribution is -2.39. The fourth-order valence-electron chi connectivity index (χ4n) is 5.58. The standard InChI is InChI=1S/C33H29N/c1-5-8-15-24(4)34-31-20-13-11-18-29(31)33(30-19-12-14-21-32(30)34)27(7-3)25(6-2)22-23-26-16-9-10-17-28(26)33/h5-23H,2-3H2,1,4H3/b8-5-,24-15+. The minimum atomic E-state index is -0.518. The van der Waals surface area contributed by atoms with Crippen LogP contribution in [0.15, 0.2) is 139 Å². The second-order valence-corrected chi connectivity index (χ2v) is 8.65. The van der Waals surface area contributed by atoms with Crippen molar-refractivity contribution < 1.29 is 0 Å². The van der Waals surface area contributed by atoms with Crippen LogP contribution in [0.3, 0.4) is 0 Å². The molecule has 0 bridgehead atoms. The highest BCUT2D eigenvalue weighted by Crippen LogP contribution is 2.58. The van der Waals surface area contributed by atoms with E-state index in [0.29, 0.717) is 0 Å². The van der Waals surface area contributed by atoms with Crippen LogP contribution < -0.4 is 4.90 Å². The van der Waals surface area contributed by atoms with E-state index in [1.54, 1.807) is 0 Å². The minimum Gasteiger partial charge on any atom is -0.314 e. The van der Waals surface area contributed by atoms with Crippen LogP contribution in [-0.4, -0.2) is 0 Å². The summed E-state index contributed by atoms with van der Waals surface area (Å²) >= 11 is 0. The minimum absolute atomic E-state index is 0.518. The zero-order valence-electron chi connectivity index (χ0n) is 19.8. The molecule has 0 saturated carbocycles. The molecule has 0 unspecified atom stereocenters. The lowest BCUT2D eigenvalue weighted by molar-refractivity contribution is 0.723. The number of hydrogen-bond acceptors (Lipinski definition) is 1. The first-order valence-electron chi connectivity index (χ1n) is 11.7. The van der Waals surface area contributed by atoms with Crippen molar-refractivity contribution in [3.63, 3.8) is 0 Å². The van der Waals surface area contributed by atoms with Crippen molar-refractivity contribution in [1.29, 1.82) is 0 Å². The Bertz CT molecular complexity index is 1360. The van der Waals surface area contributed by atoms with Gasteiger partial charge in [-0.1, -0.05) is 110 Å². The molecule has 0 fully saturated rings. The lowest BCUT2D eigenvalue weighted by Gasteiger charge is -2.47. The van der Waals surface area contributed by atoms with Crippen LogP contribution in [0.2, 0.25) is 0 Å². The van der Waals surface area contributed by atoms with Gasteiger partial charge in [-0.25, -0.2) is 0 Å². The molecule has 0 atom stereocenters. The topological polar surface area (TPSA) is 3.24 Å². The van der Waals surface area contributed by atoms with Crippen molar-refractivity contribution in [2.45, 2.75) is 19.3 Å². The van der Waals surface area contributed by atoms with Gasteiger partial charge >= 0.3 is 0 Å². The van der Waals surface area contributed by atoms with E-state index in [2.05, 4.69) is 128 Å². The van der Waals surface area contributed by atoms with Gasteiger partial charge in [0.05, 0.1) is 16.8 Å². The molecule has 166 valence electrons. The zero-order chi connectivity index (χ0) is 23.7. The number of nitrogens with zero attached hydrogens (tertiary/aromatic N) is 1. The highest BCUT2D eigenvalue weighted by atomic mass is 15.2. The number of fused-ring (bicyclic) bond motifs is 6. The van der Waals surface area contributed by atoms with Crippen LogP contribution in [0, 0.1) is 0 Å². The SMILES string of the molecule is C=CC1=C(C=C)C2(c3ccccc3C=C1)c1ccccc1N(/C(C)=C/C=C\C)c1ccccc12. The molecule has 0 N–H and O–H groups in total. The fourth-order valence-corrected chi connectivity index (χ4v) is 5.58. The smallest absolute Gasteiger partial charge is 0.0753 e. The van der Waals surface area contributed by atoms with Gasteiger partial charge in [0.2, 0.25) is 0 Å². The molecule has 3 aromatic rings. The quantitative estimate of drug-likeness (QED) is 0.368. The monoisotopic (exact) mass is 439 g/mol. The molecule has 1 aliphatic heterocycles. The third-order valence-corrected chi connectivity index (χ3v) is 6.93. The summed E-state index contributed by atoms with van der Waals surface area (Å²) in [7, 11) is 0. The van der Waals surface area contributed by atoms with Crippen molar-refractivity contribution >= 4 is 17.5 Å². The van der Waals surface area contributed by atoms with Gasteiger partial charge in [0.15, 0.2) is 0 Å². The Morgan fingerprint density at radius 2 is 1.35 bits per heavy atom. The molecule has 0 aromatic heterocycles. The Kier molecular flexibility index (Phi) is 5.55. The second kappa shape index (κ2) is 8.68. The molecule has 3 aromatic carbocycles. The Morgan fingerprint density at radius 3 is 1.94 bits per heavy atom. The van der Waals surface area contributed by atoms with Crippen LogP contribution in [-0.2, 0) is 5.41 Å². The van der Waals surface area contributed by atoms with Gasteiger partial charge in [0.25, 0.3) is 0 Å². The molecule has 34 heavy (non-hydrogen) atoms. The molecule has 1 heterocycles. The number of benzene rings is 3. The Labute approximate surface area is 203 Å². The van der Waals surface area contributed by atoms with E-state index < -0.39 is 5.41 Å². The summed E-state index contributed by atoms with van der Waals surface area (Å²) in [6, 6.07) is 26.3. The Morgan fingerprint density at radius 1 is 0.765 bits per heavy atom. The molecule has 0 amide bonds. The van der Waals surface area contributed by atoms with Crippen molar-refractivity contribution in [2.75, 3.05) is 4.90 Å². The maximum atomic E-state index is 4.31. The summed E-state index contributed by atoms with van der Waals surface area (Å²) in [5, 5.41) is 0. The Balaban J connectivity index is 2.00. The normalized spacial score (nSPS) is 16.2. The zero-order valence-corrected chi connectivity index (χ0v) is 19.8. The second-order valence-electron chi connectivity index (χ2n) is 8.65. The fraction of sp³-hybridized carbons (Fsp3) is 0.0909. The van der Waals surface area contributed by atoms with Crippen molar-refractivity contribution in [1.82, 2.24) is 0 Å². The summed E-state index contributed by atoms with van der Waals surface area (Å²) in [5.41, 5.74) is 10.2. The average molecular weight is 440 g/mol. The first-order valence-corrected chi connectivity index (χ1v) is 11.7. The van der Waals surface area contributed by atoms with Gasteiger partial charge in [-0.2, -0.15) is 0 Å². The van der Waals surface area contributed by atoms with Gasteiger partial charge in [-0.3, -0.25) is 0 Å². The van der Waals surface area contributed by atoms with Crippen LogP contribution in [0.4, 0.5) is 11.4 Å². The number of rotatable bonds is 4. The number of anilines is 2. The largest absolute Gasteiger partial charge is 0.314 e. The van der Waals surface area contributed by atoms with Gasteiger partial charge in [0.1, 0.15) is 0 Å². The van der Waals surface area contributed by atoms with Crippen molar-refractivity contribution in [2.24, 2.45) is 0 Å².